The van der Waals surface area contributed by atoms with Crippen LogP contribution in [0.2, 0.25) is 0 Å². The molecule has 0 spiro atoms. The van der Waals surface area contributed by atoms with E-state index < -0.39 is 10.2 Å². The van der Waals surface area contributed by atoms with Crippen LogP contribution >= 0.6 is 0 Å². The number of nitrogens with zero attached hydrogens (tertiary/aromatic N) is 2. The van der Waals surface area contributed by atoms with Gasteiger partial charge in [-0.3, -0.25) is 4.72 Å². The molecule has 6 nitrogen and oxygen atoms in total. The van der Waals surface area contributed by atoms with E-state index in [4.69, 9.17) is 5.21 Å². The largest absolute Gasteiger partial charge is 0.411 e. The molecule has 0 aliphatic carbocycles. The van der Waals surface area contributed by atoms with Gasteiger partial charge in [0.1, 0.15) is 0 Å². The van der Waals surface area contributed by atoms with Gasteiger partial charge in [-0.05, 0) is 13.0 Å². The van der Waals surface area contributed by atoms with Gasteiger partial charge in [0.2, 0.25) is 0 Å². The molecule has 0 bridgehead atoms. The Bertz CT molecular complexity index is 523. The minimum absolute atomic E-state index is 0.335. The standard InChI is InChI=1S/C10H15N3O3S/c1-8(11-14)9-6-4-5-7-10(9)12-17(15,16)13(2)3/h4-7,12,14H,1-3H3/b11-8+. The highest BCUT2D eigenvalue weighted by Crippen LogP contribution is 2.17. The van der Waals surface area contributed by atoms with Gasteiger partial charge in [0.15, 0.2) is 0 Å². The SMILES string of the molecule is C/C(=N\O)c1ccccc1NS(=O)(=O)N(C)C. The van der Waals surface area contributed by atoms with E-state index in [0.717, 1.165) is 4.31 Å². The molecule has 0 atom stereocenters. The van der Waals surface area contributed by atoms with Crippen molar-refractivity contribution in [3.63, 3.8) is 0 Å². The average Bonchev–Trinajstić information content (AvgIpc) is 2.28. The van der Waals surface area contributed by atoms with E-state index in [9.17, 15) is 8.42 Å². The summed E-state index contributed by atoms with van der Waals surface area (Å²) in [6.07, 6.45) is 0. The van der Waals surface area contributed by atoms with E-state index >= 15 is 0 Å². The quantitative estimate of drug-likeness (QED) is 0.481. The van der Waals surface area contributed by atoms with Crippen molar-refractivity contribution in [1.82, 2.24) is 4.31 Å². The summed E-state index contributed by atoms with van der Waals surface area (Å²) >= 11 is 0. The molecule has 17 heavy (non-hydrogen) atoms. The third-order valence-electron chi connectivity index (χ3n) is 2.19. The Morgan fingerprint density at radius 2 is 1.94 bits per heavy atom. The van der Waals surface area contributed by atoms with Crippen LogP contribution in [0.3, 0.4) is 0 Å². The lowest BCUT2D eigenvalue weighted by molar-refractivity contribution is 0.319. The van der Waals surface area contributed by atoms with Crippen molar-refractivity contribution in [2.24, 2.45) is 5.16 Å². The Morgan fingerprint density at radius 3 is 2.47 bits per heavy atom. The molecule has 0 heterocycles. The van der Waals surface area contributed by atoms with Gasteiger partial charge >= 0.3 is 10.2 Å². The summed E-state index contributed by atoms with van der Waals surface area (Å²) in [6.45, 7) is 1.59. The van der Waals surface area contributed by atoms with Crippen LogP contribution in [0.15, 0.2) is 29.4 Å². The van der Waals surface area contributed by atoms with Gasteiger partial charge in [-0.15, -0.1) is 0 Å². The monoisotopic (exact) mass is 257 g/mol. The first-order chi connectivity index (χ1) is 7.88. The van der Waals surface area contributed by atoms with Crippen LogP contribution in [-0.2, 0) is 10.2 Å². The van der Waals surface area contributed by atoms with Gasteiger partial charge in [-0.1, -0.05) is 23.4 Å². The Balaban J connectivity index is 3.17. The zero-order chi connectivity index (χ0) is 13.1. The maximum atomic E-state index is 11.7. The number of oxime groups is 1. The predicted molar refractivity (Wildman–Crippen MR) is 66.7 cm³/mol. The van der Waals surface area contributed by atoms with Crippen LogP contribution in [0.25, 0.3) is 0 Å². The Labute approximate surface area is 101 Å². The van der Waals surface area contributed by atoms with Gasteiger partial charge in [0, 0.05) is 19.7 Å². The fourth-order valence-electron chi connectivity index (χ4n) is 1.17. The van der Waals surface area contributed by atoms with Crippen LogP contribution in [0.5, 0.6) is 0 Å². The third-order valence-corrected chi connectivity index (χ3v) is 3.63. The first-order valence-electron chi connectivity index (χ1n) is 4.87. The zero-order valence-electron chi connectivity index (χ0n) is 9.88. The molecule has 2 N–H and O–H groups in total. The first kappa shape index (κ1) is 13.5. The summed E-state index contributed by atoms with van der Waals surface area (Å²) in [5, 5.41) is 11.8. The molecule has 0 aliphatic rings. The highest BCUT2D eigenvalue weighted by Gasteiger charge is 2.15. The van der Waals surface area contributed by atoms with Gasteiger partial charge in [-0.2, -0.15) is 12.7 Å². The fraction of sp³-hybridized carbons (Fsp3) is 0.300. The number of para-hydroxylation sites is 1. The molecule has 7 heteroatoms. The second kappa shape index (κ2) is 5.15. The number of anilines is 1. The highest BCUT2D eigenvalue weighted by atomic mass is 32.2. The Morgan fingerprint density at radius 1 is 1.35 bits per heavy atom. The van der Waals surface area contributed by atoms with Crippen molar-refractivity contribution < 1.29 is 13.6 Å². The van der Waals surface area contributed by atoms with E-state index in [-0.39, 0.29) is 0 Å². The molecule has 0 aromatic heterocycles. The lowest BCUT2D eigenvalue weighted by Crippen LogP contribution is -2.29. The van der Waals surface area contributed by atoms with E-state index in [0.29, 0.717) is 17.0 Å². The van der Waals surface area contributed by atoms with Gasteiger partial charge < -0.3 is 5.21 Å². The van der Waals surface area contributed by atoms with Crippen molar-refractivity contribution in [2.75, 3.05) is 18.8 Å². The molecular weight excluding hydrogens is 242 g/mol. The molecule has 0 radical (unpaired) electrons. The summed E-state index contributed by atoms with van der Waals surface area (Å²) in [5.74, 6) is 0. The number of hydrogen-bond acceptors (Lipinski definition) is 4. The molecule has 1 rings (SSSR count). The molecule has 0 fully saturated rings. The number of benzene rings is 1. The molecule has 0 saturated heterocycles. The van der Waals surface area contributed by atoms with Crippen molar-refractivity contribution in [3.8, 4) is 0 Å². The minimum Gasteiger partial charge on any atom is -0.411 e. The zero-order valence-corrected chi connectivity index (χ0v) is 10.7. The highest BCUT2D eigenvalue weighted by molar-refractivity contribution is 7.90. The summed E-state index contributed by atoms with van der Waals surface area (Å²) in [4.78, 5) is 0. The van der Waals surface area contributed by atoms with Crippen LogP contribution in [0.4, 0.5) is 5.69 Å². The van der Waals surface area contributed by atoms with Crippen molar-refractivity contribution in [2.45, 2.75) is 6.92 Å². The van der Waals surface area contributed by atoms with E-state index in [1.54, 1.807) is 31.2 Å². The predicted octanol–water partition coefficient (Wildman–Crippen LogP) is 1.10. The van der Waals surface area contributed by atoms with Gasteiger partial charge in [0.25, 0.3) is 0 Å². The van der Waals surface area contributed by atoms with Crippen LogP contribution in [0.1, 0.15) is 12.5 Å². The summed E-state index contributed by atoms with van der Waals surface area (Å²) in [7, 11) is -0.712. The van der Waals surface area contributed by atoms with E-state index in [1.807, 2.05) is 0 Å². The van der Waals surface area contributed by atoms with Crippen LogP contribution < -0.4 is 4.72 Å². The second-order valence-corrected chi connectivity index (χ2v) is 5.51. The van der Waals surface area contributed by atoms with Crippen molar-refractivity contribution in [1.29, 1.82) is 0 Å². The summed E-state index contributed by atoms with van der Waals surface area (Å²) < 4.78 is 26.8. The minimum atomic E-state index is -3.57. The smallest absolute Gasteiger partial charge is 0.301 e. The van der Waals surface area contributed by atoms with Crippen LogP contribution in [-0.4, -0.2) is 37.7 Å². The summed E-state index contributed by atoms with van der Waals surface area (Å²) in [5.41, 5.74) is 1.24. The normalized spacial score (nSPS) is 12.8. The molecule has 0 amide bonds. The fourth-order valence-corrected chi connectivity index (χ4v) is 1.81. The first-order valence-corrected chi connectivity index (χ1v) is 6.31. The maximum absolute atomic E-state index is 11.7. The topological polar surface area (TPSA) is 82.0 Å². The summed E-state index contributed by atoms with van der Waals surface area (Å²) in [6, 6.07) is 6.70. The molecule has 94 valence electrons. The Kier molecular flexibility index (Phi) is 4.08. The molecule has 1 aromatic carbocycles. The molecule has 0 unspecified atom stereocenters. The number of rotatable bonds is 4. The Hall–Kier alpha value is -1.60. The third kappa shape index (κ3) is 3.18. The number of hydrogen-bond donors (Lipinski definition) is 2. The van der Waals surface area contributed by atoms with E-state index in [2.05, 4.69) is 9.88 Å². The van der Waals surface area contributed by atoms with Gasteiger partial charge in [-0.25, -0.2) is 0 Å². The van der Waals surface area contributed by atoms with Crippen molar-refractivity contribution in [3.05, 3.63) is 29.8 Å². The second-order valence-electron chi connectivity index (χ2n) is 3.62. The lowest BCUT2D eigenvalue weighted by atomic mass is 10.1. The molecule has 0 saturated carbocycles. The van der Waals surface area contributed by atoms with Crippen molar-refractivity contribution >= 4 is 21.6 Å². The maximum Gasteiger partial charge on any atom is 0.301 e. The number of nitrogens with one attached hydrogen (secondary N) is 1. The molecular formula is C10H15N3O3S. The van der Waals surface area contributed by atoms with Crippen LogP contribution in [0, 0.1) is 0 Å². The van der Waals surface area contributed by atoms with E-state index in [1.165, 1.54) is 14.1 Å². The average molecular weight is 257 g/mol. The lowest BCUT2D eigenvalue weighted by Gasteiger charge is -2.15. The van der Waals surface area contributed by atoms with Gasteiger partial charge in [0.05, 0.1) is 11.4 Å². The molecule has 1 aromatic rings. The molecule has 0 aliphatic heterocycles.